The van der Waals surface area contributed by atoms with Crippen LogP contribution < -0.4 is 5.32 Å². The van der Waals surface area contributed by atoms with Crippen molar-refractivity contribution in [1.82, 2.24) is 34.4 Å². The van der Waals surface area contributed by atoms with E-state index in [9.17, 15) is 18.0 Å². The number of aromatic nitrogens is 6. The number of nitrogens with one attached hydrogen (secondary N) is 1. The maximum Gasteiger partial charge on any atom is 0.453 e. The van der Waals surface area contributed by atoms with Gasteiger partial charge >= 0.3 is 6.18 Å². The molecule has 11 heteroatoms. The summed E-state index contributed by atoms with van der Waals surface area (Å²) in [5.74, 6) is -1.67. The Morgan fingerprint density at radius 1 is 1.09 bits per heavy atom. The Hall–Kier alpha value is -3.76. The molecule has 0 atom stereocenters. The number of carbonyl (C=O) groups is 1. The SMILES string of the molecule is Cc1nc2nc(C(F)(F)F)nn2c(C)c1CC(=O)NCc1ccc(Cn2ccnc2)cc1. The van der Waals surface area contributed by atoms with Gasteiger partial charge in [-0.25, -0.2) is 14.5 Å². The van der Waals surface area contributed by atoms with Crippen molar-refractivity contribution in [2.75, 3.05) is 0 Å². The number of aryl methyl sites for hydroxylation is 2. The van der Waals surface area contributed by atoms with E-state index in [2.05, 4.69) is 25.4 Å². The molecule has 0 saturated heterocycles. The van der Waals surface area contributed by atoms with Gasteiger partial charge in [0, 0.05) is 42.4 Å². The number of alkyl halides is 3. The molecule has 4 rings (SSSR count). The van der Waals surface area contributed by atoms with Gasteiger partial charge in [-0.15, -0.1) is 5.10 Å². The smallest absolute Gasteiger partial charge is 0.352 e. The monoisotopic (exact) mass is 443 g/mol. The first kappa shape index (κ1) is 21.5. The van der Waals surface area contributed by atoms with Gasteiger partial charge in [0.15, 0.2) is 0 Å². The lowest BCUT2D eigenvalue weighted by molar-refractivity contribution is -0.144. The molecule has 0 saturated carbocycles. The van der Waals surface area contributed by atoms with Crippen molar-refractivity contribution in [3.8, 4) is 0 Å². The predicted octanol–water partition coefficient (Wildman–Crippen LogP) is 2.86. The number of amides is 1. The van der Waals surface area contributed by atoms with Crippen LogP contribution in [0.5, 0.6) is 0 Å². The highest BCUT2D eigenvalue weighted by molar-refractivity contribution is 5.79. The molecular formula is C21H20F3N7O. The summed E-state index contributed by atoms with van der Waals surface area (Å²) in [6, 6.07) is 7.84. The number of carbonyl (C=O) groups excluding carboxylic acids is 1. The predicted molar refractivity (Wildman–Crippen MR) is 109 cm³/mol. The molecule has 0 fully saturated rings. The fourth-order valence-corrected chi connectivity index (χ4v) is 3.36. The molecule has 0 aliphatic heterocycles. The molecule has 166 valence electrons. The van der Waals surface area contributed by atoms with Crippen LogP contribution in [0.1, 0.15) is 33.9 Å². The Morgan fingerprint density at radius 3 is 2.47 bits per heavy atom. The molecular weight excluding hydrogens is 423 g/mol. The van der Waals surface area contributed by atoms with Crippen LogP contribution in [-0.2, 0) is 30.5 Å². The minimum Gasteiger partial charge on any atom is -0.352 e. The summed E-state index contributed by atoms with van der Waals surface area (Å²) in [5.41, 5.74) is 3.39. The summed E-state index contributed by atoms with van der Waals surface area (Å²) in [6.07, 6.45) is 0.653. The van der Waals surface area contributed by atoms with Crippen LogP contribution in [0.4, 0.5) is 13.2 Å². The average Bonchev–Trinajstić information content (AvgIpc) is 3.40. The molecule has 0 radical (unpaired) electrons. The molecule has 32 heavy (non-hydrogen) atoms. The summed E-state index contributed by atoms with van der Waals surface area (Å²) in [6.45, 7) is 4.27. The van der Waals surface area contributed by atoms with Crippen LogP contribution in [0.15, 0.2) is 43.0 Å². The van der Waals surface area contributed by atoms with Crippen molar-refractivity contribution in [3.05, 3.63) is 76.9 Å². The maximum atomic E-state index is 12.9. The molecule has 3 heterocycles. The van der Waals surface area contributed by atoms with Gasteiger partial charge in [0.2, 0.25) is 5.91 Å². The fraction of sp³-hybridized carbons (Fsp3) is 0.286. The van der Waals surface area contributed by atoms with Crippen molar-refractivity contribution in [2.24, 2.45) is 0 Å². The Labute approximate surface area is 181 Å². The van der Waals surface area contributed by atoms with Crippen molar-refractivity contribution in [1.29, 1.82) is 0 Å². The summed E-state index contributed by atoms with van der Waals surface area (Å²) in [5, 5.41) is 6.34. The van der Waals surface area contributed by atoms with E-state index in [4.69, 9.17) is 0 Å². The Bertz CT molecular complexity index is 1250. The number of benzene rings is 1. The van der Waals surface area contributed by atoms with E-state index in [0.29, 0.717) is 30.0 Å². The lowest BCUT2D eigenvalue weighted by Crippen LogP contribution is -2.26. The number of hydrogen-bond donors (Lipinski definition) is 1. The van der Waals surface area contributed by atoms with E-state index in [1.165, 1.54) is 0 Å². The van der Waals surface area contributed by atoms with Crippen molar-refractivity contribution in [3.63, 3.8) is 0 Å². The van der Waals surface area contributed by atoms with E-state index in [1.54, 1.807) is 26.4 Å². The van der Waals surface area contributed by atoms with Crippen LogP contribution in [-0.4, -0.2) is 35.0 Å². The second-order valence-electron chi connectivity index (χ2n) is 7.41. The topological polar surface area (TPSA) is 90.0 Å². The lowest BCUT2D eigenvalue weighted by Gasteiger charge is -2.11. The van der Waals surface area contributed by atoms with E-state index >= 15 is 0 Å². The van der Waals surface area contributed by atoms with Gasteiger partial charge < -0.3 is 9.88 Å². The lowest BCUT2D eigenvalue weighted by atomic mass is 10.1. The second kappa shape index (κ2) is 8.40. The van der Waals surface area contributed by atoms with Gasteiger partial charge in [-0.05, 0) is 25.0 Å². The molecule has 4 aromatic rings. The largest absolute Gasteiger partial charge is 0.453 e. The number of imidazole rings is 1. The summed E-state index contributed by atoms with van der Waals surface area (Å²) >= 11 is 0. The van der Waals surface area contributed by atoms with Crippen molar-refractivity contribution >= 4 is 11.7 Å². The average molecular weight is 443 g/mol. The molecule has 0 bridgehead atoms. The normalized spacial score (nSPS) is 11.8. The number of nitrogens with zero attached hydrogens (tertiary/aromatic N) is 6. The number of rotatable bonds is 6. The molecule has 3 aromatic heterocycles. The van der Waals surface area contributed by atoms with E-state index in [0.717, 1.165) is 15.6 Å². The van der Waals surface area contributed by atoms with Crippen molar-refractivity contribution in [2.45, 2.75) is 39.5 Å². The first-order valence-corrected chi connectivity index (χ1v) is 9.81. The number of hydrogen-bond acceptors (Lipinski definition) is 5. The van der Waals surface area contributed by atoms with E-state index in [-0.39, 0.29) is 18.1 Å². The minimum atomic E-state index is -4.67. The molecule has 1 aromatic carbocycles. The zero-order chi connectivity index (χ0) is 22.9. The second-order valence-corrected chi connectivity index (χ2v) is 7.41. The quantitative estimate of drug-likeness (QED) is 0.495. The fourth-order valence-electron chi connectivity index (χ4n) is 3.36. The van der Waals surface area contributed by atoms with Gasteiger partial charge in [0.1, 0.15) is 0 Å². The minimum absolute atomic E-state index is 0.0273. The summed E-state index contributed by atoms with van der Waals surface area (Å²) in [7, 11) is 0. The Kier molecular flexibility index (Phi) is 5.64. The molecule has 0 aliphatic carbocycles. The highest BCUT2D eigenvalue weighted by Crippen LogP contribution is 2.27. The van der Waals surface area contributed by atoms with E-state index in [1.807, 2.05) is 35.0 Å². The molecule has 0 spiro atoms. The Morgan fingerprint density at radius 2 is 1.81 bits per heavy atom. The molecule has 8 nitrogen and oxygen atoms in total. The molecule has 1 amide bonds. The van der Waals surface area contributed by atoms with E-state index < -0.39 is 12.0 Å². The van der Waals surface area contributed by atoms with Gasteiger partial charge in [0.05, 0.1) is 12.7 Å². The molecule has 1 N–H and O–H groups in total. The Balaban J connectivity index is 1.41. The molecule has 0 unspecified atom stereocenters. The first-order valence-electron chi connectivity index (χ1n) is 9.81. The molecule has 0 aliphatic rings. The van der Waals surface area contributed by atoms with Crippen LogP contribution >= 0.6 is 0 Å². The van der Waals surface area contributed by atoms with Gasteiger partial charge in [-0.3, -0.25) is 4.79 Å². The van der Waals surface area contributed by atoms with Gasteiger partial charge in [0.25, 0.3) is 11.6 Å². The van der Waals surface area contributed by atoms with Crippen LogP contribution in [0, 0.1) is 13.8 Å². The maximum absolute atomic E-state index is 12.9. The zero-order valence-corrected chi connectivity index (χ0v) is 17.4. The van der Waals surface area contributed by atoms with Gasteiger partial charge in [-0.2, -0.15) is 18.2 Å². The first-order chi connectivity index (χ1) is 15.2. The summed E-state index contributed by atoms with van der Waals surface area (Å²) < 4.78 is 41.7. The number of fused-ring (bicyclic) bond motifs is 1. The van der Waals surface area contributed by atoms with Gasteiger partial charge in [-0.1, -0.05) is 24.3 Å². The third kappa shape index (κ3) is 4.61. The number of halogens is 3. The highest BCUT2D eigenvalue weighted by Gasteiger charge is 2.37. The van der Waals surface area contributed by atoms with Crippen molar-refractivity contribution < 1.29 is 18.0 Å². The standard InChI is InChI=1S/C21H20F3N7O/c1-13-17(14(2)31-20(27-13)28-19(29-31)21(22,23)24)9-18(32)26-10-15-3-5-16(6-4-15)11-30-8-7-25-12-30/h3-8,12H,9-11H2,1-2H3,(H,26,32). The summed E-state index contributed by atoms with van der Waals surface area (Å²) in [4.78, 5) is 24.0. The highest BCUT2D eigenvalue weighted by atomic mass is 19.4. The third-order valence-electron chi connectivity index (χ3n) is 5.08. The zero-order valence-electron chi connectivity index (χ0n) is 17.4. The third-order valence-corrected chi connectivity index (χ3v) is 5.08. The van der Waals surface area contributed by atoms with Crippen LogP contribution in [0.2, 0.25) is 0 Å². The van der Waals surface area contributed by atoms with Crippen LogP contribution in [0.25, 0.3) is 5.78 Å². The van der Waals surface area contributed by atoms with Crippen LogP contribution in [0.3, 0.4) is 0 Å².